The standard InChI is InChI=1S/C20H25N5O4/c1-2-3-18(24-20(27)16(13-21)12-19-25-23-14-29-19)15-4-6-17(7-5-15)28-11-9-22-8-10-26/h4-7,12,14,18,22,26H,2-3,8-11H2,1H3,(H,24,27). The van der Waals surface area contributed by atoms with Crippen LogP contribution in [-0.2, 0) is 4.79 Å². The van der Waals surface area contributed by atoms with E-state index in [1.165, 1.54) is 6.08 Å². The van der Waals surface area contributed by atoms with Crippen molar-refractivity contribution in [3.8, 4) is 11.8 Å². The first kappa shape index (κ1) is 22.1. The molecule has 0 fully saturated rings. The number of nitrogens with one attached hydrogen (secondary N) is 2. The van der Waals surface area contributed by atoms with Gasteiger partial charge in [-0.25, -0.2) is 0 Å². The van der Waals surface area contributed by atoms with Crippen LogP contribution in [0.15, 0.2) is 40.6 Å². The predicted octanol–water partition coefficient (Wildman–Crippen LogP) is 1.59. The van der Waals surface area contributed by atoms with Crippen molar-refractivity contribution in [2.75, 3.05) is 26.3 Å². The van der Waals surface area contributed by atoms with Crippen molar-refractivity contribution < 1.29 is 19.1 Å². The highest BCUT2D eigenvalue weighted by Gasteiger charge is 2.18. The minimum absolute atomic E-state index is 0.0941. The fraction of sp³-hybridized carbons (Fsp3) is 0.400. The van der Waals surface area contributed by atoms with Gasteiger partial charge < -0.3 is 24.9 Å². The van der Waals surface area contributed by atoms with Crippen molar-refractivity contribution in [2.24, 2.45) is 0 Å². The zero-order chi connectivity index (χ0) is 20.9. The van der Waals surface area contributed by atoms with Gasteiger partial charge in [0.05, 0.1) is 12.6 Å². The first-order chi connectivity index (χ1) is 14.2. The van der Waals surface area contributed by atoms with Crippen LogP contribution in [0.2, 0.25) is 0 Å². The number of ether oxygens (including phenoxy) is 1. The Balaban J connectivity index is 1.99. The number of aliphatic hydroxyl groups excluding tert-OH is 1. The Kier molecular flexibility index (Phi) is 9.35. The van der Waals surface area contributed by atoms with Crippen molar-refractivity contribution >= 4 is 12.0 Å². The van der Waals surface area contributed by atoms with E-state index in [0.717, 1.165) is 30.5 Å². The van der Waals surface area contributed by atoms with Crippen LogP contribution in [-0.4, -0.2) is 47.5 Å². The van der Waals surface area contributed by atoms with E-state index in [4.69, 9.17) is 14.3 Å². The molecule has 0 aliphatic carbocycles. The lowest BCUT2D eigenvalue weighted by Crippen LogP contribution is -2.29. The molecule has 2 aromatic rings. The number of hydrogen-bond acceptors (Lipinski definition) is 8. The van der Waals surface area contributed by atoms with E-state index in [0.29, 0.717) is 19.7 Å². The molecule has 2 rings (SSSR count). The van der Waals surface area contributed by atoms with Crippen LogP contribution >= 0.6 is 0 Å². The van der Waals surface area contributed by atoms with Crippen LogP contribution < -0.4 is 15.4 Å². The maximum absolute atomic E-state index is 12.5. The van der Waals surface area contributed by atoms with E-state index in [9.17, 15) is 10.1 Å². The molecule has 0 aliphatic rings. The molecule has 0 aliphatic heterocycles. The number of carbonyl (C=O) groups is 1. The third-order valence-corrected chi connectivity index (χ3v) is 4.01. The monoisotopic (exact) mass is 399 g/mol. The topological polar surface area (TPSA) is 133 Å². The van der Waals surface area contributed by atoms with Gasteiger partial charge in [0.15, 0.2) is 0 Å². The van der Waals surface area contributed by atoms with Gasteiger partial charge in [0, 0.05) is 19.2 Å². The summed E-state index contributed by atoms with van der Waals surface area (Å²) in [6.07, 6.45) is 3.96. The Morgan fingerprint density at radius 1 is 1.38 bits per heavy atom. The molecule has 0 spiro atoms. The third kappa shape index (κ3) is 7.37. The van der Waals surface area contributed by atoms with E-state index in [1.54, 1.807) is 0 Å². The van der Waals surface area contributed by atoms with Crippen LogP contribution in [0.3, 0.4) is 0 Å². The van der Waals surface area contributed by atoms with Crippen molar-refractivity contribution in [3.63, 3.8) is 0 Å². The lowest BCUT2D eigenvalue weighted by molar-refractivity contribution is -0.117. The molecule has 3 N–H and O–H groups in total. The SMILES string of the molecule is CCCC(NC(=O)C(C#N)=Cc1nnco1)c1ccc(OCCNCCO)cc1. The van der Waals surface area contributed by atoms with Gasteiger partial charge >= 0.3 is 0 Å². The van der Waals surface area contributed by atoms with Crippen molar-refractivity contribution in [1.29, 1.82) is 5.26 Å². The van der Waals surface area contributed by atoms with Gasteiger partial charge in [-0.2, -0.15) is 5.26 Å². The number of rotatable bonds is 12. The second kappa shape index (κ2) is 12.3. The number of hydrogen-bond donors (Lipinski definition) is 3. The van der Waals surface area contributed by atoms with Gasteiger partial charge in [0.25, 0.3) is 5.91 Å². The summed E-state index contributed by atoms with van der Waals surface area (Å²) >= 11 is 0. The van der Waals surface area contributed by atoms with Gasteiger partial charge in [-0.3, -0.25) is 4.79 Å². The molecule has 1 heterocycles. The fourth-order valence-electron chi connectivity index (χ4n) is 2.60. The zero-order valence-corrected chi connectivity index (χ0v) is 16.3. The zero-order valence-electron chi connectivity index (χ0n) is 16.3. The summed E-state index contributed by atoms with van der Waals surface area (Å²) in [6.45, 7) is 3.78. The number of benzene rings is 1. The van der Waals surface area contributed by atoms with Gasteiger partial charge in [-0.05, 0) is 24.1 Å². The first-order valence-corrected chi connectivity index (χ1v) is 9.41. The molecule has 1 atom stereocenters. The molecule has 29 heavy (non-hydrogen) atoms. The largest absolute Gasteiger partial charge is 0.492 e. The normalized spacial score (nSPS) is 12.2. The first-order valence-electron chi connectivity index (χ1n) is 9.41. The van der Waals surface area contributed by atoms with Gasteiger partial charge in [0.2, 0.25) is 12.3 Å². The molecule has 154 valence electrons. The van der Waals surface area contributed by atoms with Crippen LogP contribution in [0.4, 0.5) is 0 Å². The van der Waals surface area contributed by atoms with Gasteiger partial charge in [0.1, 0.15) is 24.0 Å². The number of aliphatic hydroxyl groups is 1. The molecule has 0 saturated heterocycles. The minimum Gasteiger partial charge on any atom is -0.492 e. The van der Waals surface area contributed by atoms with E-state index < -0.39 is 5.91 Å². The summed E-state index contributed by atoms with van der Waals surface area (Å²) < 4.78 is 10.6. The molecular weight excluding hydrogens is 374 g/mol. The Hall–Kier alpha value is -3.22. The summed E-state index contributed by atoms with van der Waals surface area (Å²) in [6, 6.07) is 9.10. The van der Waals surface area contributed by atoms with E-state index in [1.807, 2.05) is 37.3 Å². The van der Waals surface area contributed by atoms with E-state index in [-0.39, 0.29) is 24.1 Å². The lowest BCUT2D eigenvalue weighted by Gasteiger charge is -2.19. The molecule has 1 amide bonds. The summed E-state index contributed by atoms with van der Waals surface area (Å²) in [4.78, 5) is 12.5. The second-order valence-corrected chi connectivity index (χ2v) is 6.15. The summed E-state index contributed by atoms with van der Waals surface area (Å²) in [5.41, 5.74) is 0.812. The summed E-state index contributed by atoms with van der Waals surface area (Å²) in [5, 5.41) is 31.1. The average molecular weight is 399 g/mol. The highest BCUT2D eigenvalue weighted by atomic mass is 16.5. The predicted molar refractivity (Wildman–Crippen MR) is 106 cm³/mol. The van der Waals surface area contributed by atoms with Crippen LogP contribution in [0.5, 0.6) is 5.75 Å². The maximum Gasteiger partial charge on any atom is 0.262 e. The Bertz CT molecular complexity index is 812. The van der Waals surface area contributed by atoms with E-state index >= 15 is 0 Å². The Labute approximate surface area is 169 Å². The lowest BCUT2D eigenvalue weighted by atomic mass is 10.0. The van der Waals surface area contributed by atoms with Gasteiger partial charge in [-0.1, -0.05) is 25.5 Å². The Morgan fingerprint density at radius 3 is 2.79 bits per heavy atom. The highest BCUT2D eigenvalue weighted by molar-refractivity contribution is 6.01. The van der Waals surface area contributed by atoms with Crippen molar-refractivity contribution in [2.45, 2.75) is 25.8 Å². The minimum atomic E-state index is -0.501. The second-order valence-electron chi connectivity index (χ2n) is 6.15. The third-order valence-electron chi connectivity index (χ3n) is 4.01. The van der Waals surface area contributed by atoms with Crippen LogP contribution in [0, 0.1) is 11.3 Å². The number of nitriles is 1. The molecule has 1 unspecified atom stereocenters. The highest BCUT2D eigenvalue weighted by Crippen LogP contribution is 2.22. The smallest absolute Gasteiger partial charge is 0.262 e. The van der Waals surface area contributed by atoms with Crippen molar-refractivity contribution in [1.82, 2.24) is 20.8 Å². The Morgan fingerprint density at radius 2 is 2.17 bits per heavy atom. The summed E-state index contributed by atoms with van der Waals surface area (Å²) in [5.74, 6) is 0.313. The molecule has 9 nitrogen and oxygen atoms in total. The number of amides is 1. The van der Waals surface area contributed by atoms with E-state index in [2.05, 4.69) is 20.8 Å². The van der Waals surface area contributed by atoms with Crippen LogP contribution in [0.1, 0.15) is 37.3 Å². The molecular formula is C20H25N5O4. The maximum atomic E-state index is 12.5. The molecule has 0 bridgehead atoms. The number of aromatic nitrogens is 2. The molecule has 1 aromatic carbocycles. The number of carbonyl (C=O) groups excluding carboxylic acids is 1. The van der Waals surface area contributed by atoms with Crippen LogP contribution in [0.25, 0.3) is 6.08 Å². The van der Waals surface area contributed by atoms with Gasteiger partial charge in [-0.15, -0.1) is 10.2 Å². The van der Waals surface area contributed by atoms with Crippen molar-refractivity contribution in [3.05, 3.63) is 47.7 Å². The molecule has 0 radical (unpaired) electrons. The molecule has 1 aromatic heterocycles. The molecule has 9 heteroatoms. The number of nitrogens with zero attached hydrogens (tertiary/aromatic N) is 3. The molecule has 0 saturated carbocycles. The average Bonchev–Trinajstić information content (AvgIpc) is 3.25. The summed E-state index contributed by atoms with van der Waals surface area (Å²) in [7, 11) is 0. The quantitative estimate of drug-likeness (QED) is 0.278. The fourth-order valence-corrected chi connectivity index (χ4v) is 2.60.